The SMILES string of the molecule is CCn1cc([C@H]2OCC[C@@H]2NS(=O)(=O)C2=Cc3ccccc3CC2)cn1. The van der Waals surface area contributed by atoms with E-state index in [1.165, 1.54) is 5.56 Å². The Morgan fingerprint density at radius 2 is 2.15 bits per heavy atom. The number of benzene rings is 1. The van der Waals surface area contributed by atoms with E-state index in [9.17, 15) is 8.42 Å². The Hall–Kier alpha value is -1.96. The van der Waals surface area contributed by atoms with E-state index in [2.05, 4.69) is 15.9 Å². The molecule has 0 unspecified atom stereocenters. The van der Waals surface area contributed by atoms with Crippen molar-refractivity contribution in [2.24, 2.45) is 0 Å². The average molecular weight is 373 g/mol. The van der Waals surface area contributed by atoms with Crippen LogP contribution in [0, 0.1) is 0 Å². The highest BCUT2D eigenvalue weighted by Gasteiger charge is 2.35. The molecule has 0 amide bonds. The fourth-order valence-corrected chi connectivity index (χ4v) is 5.08. The van der Waals surface area contributed by atoms with Crippen LogP contribution in [-0.4, -0.2) is 30.8 Å². The number of rotatable bonds is 5. The van der Waals surface area contributed by atoms with Gasteiger partial charge in [0.05, 0.1) is 17.1 Å². The lowest BCUT2D eigenvalue weighted by Crippen LogP contribution is -2.37. The zero-order valence-electron chi connectivity index (χ0n) is 14.8. The van der Waals surface area contributed by atoms with Crippen LogP contribution in [0.5, 0.6) is 0 Å². The maximum Gasteiger partial charge on any atom is 0.237 e. The molecule has 1 aromatic heterocycles. The van der Waals surface area contributed by atoms with E-state index in [1.54, 1.807) is 12.3 Å². The predicted molar refractivity (Wildman–Crippen MR) is 99.8 cm³/mol. The van der Waals surface area contributed by atoms with Crippen molar-refractivity contribution < 1.29 is 13.2 Å². The van der Waals surface area contributed by atoms with Gasteiger partial charge in [0.1, 0.15) is 6.10 Å². The van der Waals surface area contributed by atoms with E-state index in [4.69, 9.17) is 4.74 Å². The van der Waals surface area contributed by atoms with Crippen molar-refractivity contribution in [2.45, 2.75) is 44.9 Å². The second-order valence-corrected chi connectivity index (χ2v) is 8.51. The van der Waals surface area contributed by atoms with Crippen LogP contribution in [-0.2, 0) is 27.7 Å². The molecule has 1 fully saturated rings. The summed E-state index contributed by atoms with van der Waals surface area (Å²) < 4.78 is 36.4. The van der Waals surface area contributed by atoms with Crippen LogP contribution < -0.4 is 4.72 Å². The highest BCUT2D eigenvalue weighted by atomic mass is 32.2. The number of aryl methyl sites for hydroxylation is 2. The third-order valence-corrected chi connectivity index (χ3v) is 6.69. The molecule has 2 aromatic rings. The maximum atomic E-state index is 12.9. The fraction of sp³-hybridized carbons (Fsp3) is 0.421. The van der Waals surface area contributed by atoms with E-state index < -0.39 is 10.0 Å². The lowest BCUT2D eigenvalue weighted by atomic mass is 9.98. The molecule has 6 nitrogen and oxygen atoms in total. The van der Waals surface area contributed by atoms with Crippen LogP contribution in [0.1, 0.15) is 42.6 Å². The van der Waals surface area contributed by atoms with Gasteiger partial charge in [0.15, 0.2) is 0 Å². The highest BCUT2D eigenvalue weighted by molar-refractivity contribution is 7.93. The standard InChI is InChI=1S/C19H23N3O3S/c1-2-22-13-16(12-20-22)19-18(9-10-25-19)21-26(23,24)17-8-7-14-5-3-4-6-15(14)11-17/h3-6,11-13,18-19,21H,2,7-10H2,1H3/t18-,19+/m0/s1. The van der Waals surface area contributed by atoms with Crippen molar-refractivity contribution in [3.8, 4) is 0 Å². The van der Waals surface area contributed by atoms with Gasteiger partial charge in [-0.3, -0.25) is 4.68 Å². The Morgan fingerprint density at radius 1 is 1.31 bits per heavy atom. The first kappa shape index (κ1) is 17.5. The molecule has 1 aliphatic heterocycles. The summed E-state index contributed by atoms with van der Waals surface area (Å²) in [5, 5.41) is 4.27. The van der Waals surface area contributed by atoms with Gasteiger partial charge < -0.3 is 4.74 Å². The minimum absolute atomic E-state index is 0.271. The summed E-state index contributed by atoms with van der Waals surface area (Å²) in [5.74, 6) is 0. The van der Waals surface area contributed by atoms with Crippen molar-refractivity contribution in [3.05, 3.63) is 58.3 Å². The summed E-state index contributed by atoms with van der Waals surface area (Å²) in [4.78, 5) is 0.450. The van der Waals surface area contributed by atoms with Gasteiger partial charge in [-0.2, -0.15) is 5.10 Å². The normalized spacial score (nSPS) is 22.9. The molecule has 2 atom stereocenters. The quantitative estimate of drug-likeness (QED) is 0.874. The molecule has 2 heterocycles. The lowest BCUT2D eigenvalue weighted by molar-refractivity contribution is 0.102. The van der Waals surface area contributed by atoms with Crippen LogP contribution in [0.3, 0.4) is 0 Å². The molecule has 7 heteroatoms. The number of fused-ring (bicyclic) bond motifs is 1. The Balaban J connectivity index is 1.55. The number of aromatic nitrogens is 2. The first-order valence-corrected chi connectivity index (χ1v) is 10.5. The van der Waals surface area contributed by atoms with Gasteiger partial charge in [0, 0.05) is 24.9 Å². The highest BCUT2D eigenvalue weighted by Crippen LogP contribution is 2.32. The van der Waals surface area contributed by atoms with Gasteiger partial charge in [0.25, 0.3) is 0 Å². The Morgan fingerprint density at radius 3 is 2.96 bits per heavy atom. The Labute approximate surface area is 153 Å². The summed E-state index contributed by atoms with van der Waals surface area (Å²) in [6, 6.07) is 7.67. The average Bonchev–Trinajstić information content (AvgIpc) is 3.29. The zero-order chi connectivity index (χ0) is 18.1. The van der Waals surface area contributed by atoms with E-state index in [0.29, 0.717) is 24.4 Å². The second kappa shape index (κ2) is 6.98. The van der Waals surface area contributed by atoms with Crippen LogP contribution in [0.15, 0.2) is 41.6 Å². The molecule has 0 saturated carbocycles. The molecule has 0 spiro atoms. The topological polar surface area (TPSA) is 73.2 Å². The maximum absolute atomic E-state index is 12.9. The fourth-order valence-electron chi connectivity index (χ4n) is 3.63. The van der Waals surface area contributed by atoms with E-state index in [-0.39, 0.29) is 12.1 Å². The van der Waals surface area contributed by atoms with Gasteiger partial charge in [-0.25, -0.2) is 13.1 Å². The van der Waals surface area contributed by atoms with Gasteiger partial charge >= 0.3 is 0 Å². The number of nitrogens with one attached hydrogen (secondary N) is 1. The Bertz CT molecular complexity index is 933. The third-order valence-electron chi connectivity index (χ3n) is 5.06. The molecule has 1 aromatic carbocycles. The van der Waals surface area contributed by atoms with Gasteiger partial charge in [-0.1, -0.05) is 24.3 Å². The Kier molecular flexibility index (Phi) is 4.69. The summed E-state index contributed by atoms with van der Waals surface area (Å²) >= 11 is 0. The monoisotopic (exact) mass is 373 g/mol. The van der Waals surface area contributed by atoms with Crippen molar-refractivity contribution in [2.75, 3.05) is 6.61 Å². The van der Waals surface area contributed by atoms with E-state index in [1.807, 2.05) is 36.0 Å². The molecule has 0 bridgehead atoms. The van der Waals surface area contributed by atoms with Crippen LogP contribution in [0.2, 0.25) is 0 Å². The first-order valence-electron chi connectivity index (χ1n) is 9.01. The summed E-state index contributed by atoms with van der Waals surface area (Å²) in [7, 11) is -3.55. The molecule has 4 rings (SSSR count). The molecule has 1 aliphatic carbocycles. The van der Waals surface area contributed by atoms with Crippen molar-refractivity contribution >= 4 is 16.1 Å². The number of nitrogens with zero attached hydrogens (tertiary/aromatic N) is 2. The number of ether oxygens (including phenoxy) is 1. The van der Waals surface area contributed by atoms with E-state index >= 15 is 0 Å². The summed E-state index contributed by atoms with van der Waals surface area (Å²) in [6.45, 7) is 3.33. The first-order chi connectivity index (χ1) is 12.6. The van der Waals surface area contributed by atoms with Gasteiger partial charge in [-0.15, -0.1) is 0 Å². The minimum Gasteiger partial charge on any atom is -0.372 e. The molecule has 1 saturated heterocycles. The predicted octanol–water partition coefficient (Wildman–Crippen LogP) is 2.64. The lowest BCUT2D eigenvalue weighted by Gasteiger charge is -2.22. The molecule has 2 aliphatic rings. The number of hydrogen-bond donors (Lipinski definition) is 1. The largest absolute Gasteiger partial charge is 0.372 e. The van der Waals surface area contributed by atoms with Gasteiger partial charge in [0.2, 0.25) is 10.0 Å². The minimum atomic E-state index is -3.55. The van der Waals surface area contributed by atoms with Crippen LogP contribution in [0.4, 0.5) is 0 Å². The molecule has 138 valence electrons. The summed E-state index contributed by atoms with van der Waals surface area (Å²) in [5.41, 5.74) is 3.10. The molecule has 26 heavy (non-hydrogen) atoms. The third kappa shape index (κ3) is 3.34. The number of sulfonamides is 1. The molecular formula is C19H23N3O3S. The molecule has 0 radical (unpaired) electrons. The second-order valence-electron chi connectivity index (χ2n) is 6.75. The van der Waals surface area contributed by atoms with Crippen molar-refractivity contribution in [3.63, 3.8) is 0 Å². The van der Waals surface area contributed by atoms with Crippen molar-refractivity contribution in [1.29, 1.82) is 0 Å². The van der Waals surface area contributed by atoms with Crippen LogP contribution >= 0.6 is 0 Å². The molecule has 1 N–H and O–H groups in total. The van der Waals surface area contributed by atoms with Crippen LogP contribution in [0.25, 0.3) is 6.08 Å². The van der Waals surface area contributed by atoms with E-state index in [0.717, 1.165) is 24.1 Å². The number of hydrogen-bond acceptors (Lipinski definition) is 4. The van der Waals surface area contributed by atoms with Gasteiger partial charge in [-0.05, 0) is 43.4 Å². The smallest absolute Gasteiger partial charge is 0.237 e. The number of allylic oxidation sites excluding steroid dienone is 1. The summed E-state index contributed by atoms with van der Waals surface area (Å²) in [6.07, 6.45) is 7.12. The van der Waals surface area contributed by atoms with Crippen molar-refractivity contribution in [1.82, 2.24) is 14.5 Å². The zero-order valence-corrected chi connectivity index (χ0v) is 15.6. The molecular weight excluding hydrogens is 350 g/mol.